The number of hydrogen-bond donors (Lipinski definition) is 3. The number of nitrogens with one attached hydrogen (secondary N) is 3. The average Bonchev–Trinajstić information content (AvgIpc) is 3.83. The average molecular weight is 862 g/mol. The molecule has 3 saturated heterocycles. The van der Waals surface area contributed by atoms with Crippen molar-refractivity contribution in [1.29, 1.82) is 0 Å². The molecule has 64 heavy (non-hydrogen) atoms. The summed E-state index contributed by atoms with van der Waals surface area (Å²) in [6, 6.07) is 23.7. The summed E-state index contributed by atoms with van der Waals surface area (Å²) in [6.45, 7) is 5.60. The number of imide groups is 2. The van der Waals surface area contributed by atoms with Gasteiger partial charge in [-0.25, -0.2) is 15.0 Å². The number of benzene rings is 3. The van der Waals surface area contributed by atoms with E-state index in [2.05, 4.69) is 69.5 Å². The van der Waals surface area contributed by atoms with Crippen LogP contribution in [0.25, 0.3) is 11.2 Å². The molecule has 6 aliphatic rings. The number of anilines is 4. The lowest BCUT2D eigenvalue weighted by atomic mass is 9.60. The molecule has 5 aromatic rings. The second kappa shape index (κ2) is 16.1. The molecule has 1 unspecified atom stereocenters. The van der Waals surface area contributed by atoms with Crippen molar-refractivity contribution in [3.8, 4) is 0 Å². The van der Waals surface area contributed by atoms with E-state index in [0.29, 0.717) is 34.8 Å². The highest BCUT2D eigenvalue weighted by atomic mass is 16.2. The van der Waals surface area contributed by atoms with Gasteiger partial charge in [0.05, 0.1) is 29.6 Å². The number of hydrogen-bond acceptors (Lipinski definition) is 12. The van der Waals surface area contributed by atoms with Crippen LogP contribution in [0.1, 0.15) is 83.7 Å². The first-order valence-electron chi connectivity index (χ1n) is 22.7. The molecular weight excluding hydrogens is 811 g/mol. The van der Waals surface area contributed by atoms with E-state index in [1.165, 1.54) is 18.5 Å². The van der Waals surface area contributed by atoms with E-state index >= 15 is 0 Å². The number of nitrogens with zero attached hydrogens (tertiary/aromatic N) is 8. The summed E-state index contributed by atoms with van der Waals surface area (Å²) in [4.78, 5) is 86.3. The van der Waals surface area contributed by atoms with Crippen molar-refractivity contribution in [2.24, 2.45) is 5.41 Å². The van der Waals surface area contributed by atoms with Crippen LogP contribution < -0.4 is 25.8 Å². The van der Waals surface area contributed by atoms with Gasteiger partial charge >= 0.3 is 0 Å². The SMILES string of the molecule is O=C1CCC(N2C(=O)c3cccc(N4CCC5(CC4)CC(N4CCN(c6ccc(Nc7ncnc8c7ncn8C7CC(NC(=O)Cc8ccccc8)C7)cc6)CC4)C5)c3C2=O)C(=O)N1. The van der Waals surface area contributed by atoms with Gasteiger partial charge in [-0.3, -0.25) is 39.1 Å². The number of amides is 5. The minimum absolute atomic E-state index is 0.0461. The minimum atomic E-state index is -0.970. The van der Waals surface area contributed by atoms with Crippen LogP contribution in [0, 0.1) is 5.41 Å². The maximum Gasteiger partial charge on any atom is 0.264 e. The molecule has 1 spiro atoms. The van der Waals surface area contributed by atoms with Crippen molar-refractivity contribution in [2.75, 3.05) is 54.4 Å². The Bertz CT molecular complexity index is 2640. The molecule has 16 nitrogen and oxygen atoms in total. The summed E-state index contributed by atoms with van der Waals surface area (Å²) in [5.74, 6) is -1.18. The van der Waals surface area contributed by atoms with Crippen molar-refractivity contribution in [1.82, 2.24) is 40.0 Å². The molecule has 2 aliphatic carbocycles. The normalized spacial score (nSPS) is 23.5. The Hall–Kier alpha value is -6.68. The second-order valence-corrected chi connectivity index (χ2v) is 18.5. The molecule has 3 N–H and O–H groups in total. The molecule has 5 fully saturated rings. The Kier molecular flexibility index (Phi) is 10.1. The van der Waals surface area contributed by atoms with Gasteiger partial charge in [-0.1, -0.05) is 36.4 Å². The van der Waals surface area contributed by atoms with Crippen LogP contribution in [0.4, 0.5) is 22.9 Å². The molecule has 3 aromatic carbocycles. The fourth-order valence-electron chi connectivity index (χ4n) is 11.0. The van der Waals surface area contributed by atoms with Crippen LogP contribution in [0.15, 0.2) is 85.5 Å². The minimum Gasteiger partial charge on any atom is -0.371 e. The molecule has 1 atom stereocenters. The highest BCUT2D eigenvalue weighted by Gasteiger charge is 2.50. The molecule has 0 radical (unpaired) electrons. The van der Waals surface area contributed by atoms with Crippen molar-refractivity contribution in [3.63, 3.8) is 0 Å². The van der Waals surface area contributed by atoms with Gasteiger partial charge in [0, 0.05) is 75.2 Å². The Morgan fingerprint density at radius 3 is 2.30 bits per heavy atom. The van der Waals surface area contributed by atoms with E-state index in [9.17, 15) is 24.0 Å². The smallest absolute Gasteiger partial charge is 0.264 e. The van der Waals surface area contributed by atoms with Gasteiger partial charge in [0.25, 0.3) is 11.8 Å². The predicted octanol–water partition coefficient (Wildman–Crippen LogP) is 4.60. The van der Waals surface area contributed by atoms with E-state index in [0.717, 1.165) is 98.0 Å². The van der Waals surface area contributed by atoms with Gasteiger partial charge < -0.3 is 25.0 Å². The van der Waals surface area contributed by atoms with Gasteiger partial charge in [0.2, 0.25) is 17.7 Å². The number of carbonyl (C=O) groups is 5. The zero-order valence-corrected chi connectivity index (χ0v) is 35.6. The molecule has 2 aromatic heterocycles. The van der Waals surface area contributed by atoms with Gasteiger partial charge in [-0.15, -0.1) is 0 Å². The van der Waals surface area contributed by atoms with Crippen LogP contribution in [-0.2, 0) is 20.8 Å². The maximum absolute atomic E-state index is 13.7. The zero-order valence-electron chi connectivity index (χ0n) is 35.6. The summed E-state index contributed by atoms with van der Waals surface area (Å²) in [5.41, 5.74) is 6.40. The summed E-state index contributed by atoms with van der Waals surface area (Å²) >= 11 is 0. The fourth-order valence-corrected chi connectivity index (χ4v) is 11.0. The van der Waals surface area contributed by atoms with Crippen LogP contribution in [-0.4, -0.2) is 116 Å². The zero-order chi connectivity index (χ0) is 43.5. The highest BCUT2D eigenvalue weighted by Crippen LogP contribution is 2.52. The number of fused-ring (bicyclic) bond motifs is 2. The Labute approximate surface area is 370 Å². The number of piperazine rings is 1. The molecule has 6 heterocycles. The number of imidazole rings is 1. The number of rotatable bonds is 10. The molecular formula is C48H51N11O5. The molecule has 5 amide bonds. The molecule has 2 saturated carbocycles. The van der Waals surface area contributed by atoms with E-state index in [1.54, 1.807) is 12.4 Å². The van der Waals surface area contributed by atoms with Gasteiger partial charge in [0.15, 0.2) is 17.0 Å². The fraction of sp³-hybridized carbons (Fsp3) is 0.417. The van der Waals surface area contributed by atoms with Crippen LogP contribution in [0.5, 0.6) is 0 Å². The Morgan fingerprint density at radius 1 is 0.781 bits per heavy atom. The highest BCUT2D eigenvalue weighted by molar-refractivity contribution is 6.25. The lowest BCUT2D eigenvalue weighted by Crippen LogP contribution is -2.59. The molecule has 11 rings (SSSR count). The van der Waals surface area contributed by atoms with Gasteiger partial charge in [0.1, 0.15) is 12.4 Å². The first-order chi connectivity index (χ1) is 31.2. The van der Waals surface area contributed by atoms with Crippen molar-refractivity contribution < 1.29 is 24.0 Å². The Balaban J connectivity index is 0.644. The third-order valence-corrected chi connectivity index (χ3v) is 14.7. The molecule has 328 valence electrons. The van der Waals surface area contributed by atoms with Crippen LogP contribution in [0.3, 0.4) is 0 Å². The Morgan fingerprint density at radius 2 is 1.55 bits per heavy atom. The second-order valence-electron chi connectivity index (χ2n) is 18.5. The topological polar surface area (TPSA) is 178 Å². The van der Waals surface area contributed by atoms with Crippen molar-refractivity contribution in [2.45, 2.75) is 82.0 Å². The number of piperidine rings is 2. The largest absolute Gasteiger partial charge is 0.371 e. The lowest BCUT2D eigenvalue weighted by Gasteiger charge is -2.56. The van der Waals surface area contributed by atoms with E-state index < -0.39 is 23.8 Å². The number of carbonyl (C=O) groups excluding carboxylic acids is 5. The lowest BCUT2D eigenvalue weighted by molar-refractivity contribution is -0.136. The van der Waals surface area contributed by atoms with Crippen molar-refractivity contribution in [3.05, 3.63) is 102 Å². The summed E-state index contributed by atoms with van der Waals surface area (Å²) in [5, 5.41) is 8.92. The molecule has 0 bridgehead atoms. The van der Waals surface area contributed by atoms with Crippen LogP contribution >= 0.6 is 0 Å². The van der Waals surface area contributed by atoms with Gasteiger partial charge in [-0.2, -0.15) is 0 Å². The quantitative estimate of drug-likeness (QED) is 0.167. The van der Waals surface area contributed by atoms with E-state index in [4.69, 9.17) is 4.98 Å². The molecule has 4 aliphatic heterocycles. The van der Waals surface area contributed by atoms with Gasteiger partial charge in [-0.05, 0) is 92.3 Å². The third kappa shape index (κ3) is 7.32. The third-order valence-electron chi connectivity index (χ3n) is 14.7. The van der Waals surface area contributed by atoms with E-state index in [1.807, 2.05) is 48.8 Å². The maximum atomic E-state index is 13.7. The molecule has 16 heteroatoms. The summed E-state index contributed by atoms with van der Waals surface area (Å²) in [6.07, 6.45) is 10.1. The predicted molar refractivity (Wildman–Crippen MR) is 239 cm³/mol. The van der Waals surface area contributed by atoms with E-state index in [-0.39, 0.29) is 36.7 Å². The summed E-state index contributed by atoms with van der Waals surface area (Å²) < 4.78 is 2.10. The van der Waals surface area contributed by atoms with Crippen LogP contribution in [0.2, 0.25) is 0 Å². The first-order valence-corrected chi connectivity index (χ1v) is 22.7. The number of aromatic nitrogens is 4. The monoisotopic (exact) mass is 861 g/mol. The standard InChI is InChI=1S/C48H51N11O5/c60-39-14-13-38(45(62)54-39)59-46(63)36-7-4-8-37(41(36)47(59)64)57-17-15-48(16-18-57)26-35(27-48)56-21-19-55(20-22-56)33-11-9-31(10-12-33)53-43-42-44(50-28-49-43)58(29-51-42)34-24-32(25-34)52-40(61)23-30-5-2-1-3-6-30/h1-12,28-29,32,34-35,38H,13-27H2,(H,52,61)(H,49,50,53)(H,54,60,62). The van der Waals surface area contributed by atoms with Crippen molar-refractivity contribution >= 4 is 63.6 Å². The first kappa shape index (κ1) is 40.1. The summed E-state index contributed by atoms with van der Waals surface area (Å²) in [7, 11) is 0.